The fourth-order valence-corrected chi connectivity index (χ4v) is 2.98. The second-order valence-electron chi connectivity index (χ2n) is 6.36. The molecule has 5 nitrogen and oxygen atoms in total. The predicted octanol–water partition coefficient (Wildman–Crippen LogP) is 2.10. The first kappa shape index (κ1) is 15.6. The quantitative estimate of drug-likeness (QED) is 0.926. The Morgan fingerprint density at radius 1 is 1.24 bits per heavy atom. The molecular weight excluding hydrogens is 268 g/mol. The van der Waals surface area contributed by atoms with E-state index in [0.29, 0.717) is 12.2 Å². The van der Waals surface area contributed by atoms with Gasteiger partial charge in [0.2, 0.25) is 5.91 Å². The molecule has 5 heteroatoms. The van der Waals surface area contributed by atoms with Crippen LogP contribution >= 0.6 is 0 Å². The largest absolute Gasteiger partial charge is 0.497 e. The molecule has 116 valence electrons. The van der Waals surface area contributed by atoms with Crippen LogP contribution in [0, 0.1) is 0 Å². The average molecular weight is 292 g/mol. The molecule has 2 N–H and O–H groups in total. The lowest BCUT2D eigenvalue weighted by Gasteiger charge is -2.38. The first-order valence-electron chi connectivity index (χ1n) is 7.09. The van der Waals surface area contributed by atoms with Crippen LogP contribution in [0.1, 0.15) is 38.8 Å². The van der Waals surface area contributed by atoms with Crippen LogP contribution in [0.2, 0.25) is 0 Å². The first-order valence-corrected chi connectivity index (χ1v) is 7.09. The molecule has 0 spiro atoms. The van der Waals surface area contributed by atoms with Crippen molar-refractivity contribution in [2.75, 3.05) is 14.2 Å². The minimum Gasteiger partial charge on any atom is -0.497 e. The van der Waals surface area contributed by atoms with E-state index in [-0.39, 0.29) is 23.5 Å². The zero-order chi connectivity index (χ0) is 15.8. The lowest BCUT2D eigenvalue weighted by molar-refractivity contribution is -0.133. The molecule has 0 bridgehead atoms. The van der Waals surface area contributed by atoms with Crippen molar-refractivity contribution < 1.29 is 14.3 Å². The van der Waals surface area contributed by atoms with Gasteiger partial charge in [-0.05, 0) is 32.9 Å². The minimum absolute atomic E-state index is 0.0814. The Bertz CT molecular complexity index is 537. The van der Waals surface area contributed by atoms with E-state index in [2.05, 4.69) is 0 Å². The number of nitrogens with zero attached hydrogens (tertiary/aromatic N) is 1. The smallest absolute Gasteiger partial charge is 0.225 e. The Kier molecular flexibility index (Phi) is 4.14. The Labute approximate surface area is 126 Å². The highest BCUT2D eigenvalue weighted by molar-refractivity contribution is 5.81. The Balaban J connectivity index is 2.50. The van der Waals surface area contributed by atoms with Gasteiger partial charge in [-0.2, -0.15) is 0 Å². The maximum atomic E-state index is 12.3. The number of hydrogen-bond acceptors (Lipinski definition) is 4. The molecule has 1 saturated heterocycles. The van der Waals surface area contributed by atoms with Crippen molar-refractivity contribution in [2.45, 2.75) is 44.8 Å². The van der Waals surface area contributed by atoms with Gasteiger partial charge < -0.3 is 20.1 Å². The fourth-order valence-electron chi connectivity index (χ4n) is 2.98. The van der Waals surface area contributed by atoms with Crippen LogP contribution in [0.5, 0.6) is 11.5 Å². The number of rotatable bonds is 3. The van der Waals surface area contributed by atoms with Crippen LogP contribution in [-0.2, 0) is 4.79 Å². The Hall–Kier alpha value is -1.75. The molecule has 1 aromatic carbocycles. The van der Waals surface area contributed by atoms with E-state index >= 15 is 0 Å². The van der Waals surface area contributed by atoms with Crippen LogP contribution in [0.15, 0.2) is 18.2 Å². The standard InChI is InChI=1S/C16H24N2O3/c1-16(2,3)18-14(19)9-12(17)15(18)11-7-6-10(20-4)8-13(11)21-5/h6-8,12,15H,9,17H2,1-5H3. The number of likely N-dealkylation sites (tertiary alicyclic amines) is 1. The van der Waals surface area contributed by atoms with Crippen molar-refractivity contribution in [3.8, 4) is 11.5 Å². The summed E-state index contributed by atoms with van der Waals surface area (Å²) in [4.78, 5) is 14.2. The van der Waals surface area contributed by atoms with Crippen LogP contribution in [0.4, 0.5) is 0 Å². The van der Waals surface area contributed by atoms with Gasteiger partial charge in [0.25, 0.3) is 0 Å². The molecule has 1 aliphatic heterocycles. The van der Waals surface area contributed by atoms with Crippen molar-refractivity contribution in [3.63, 3.8) is 0 Å². The van der Waals surface area contributed by atoms with E-state index in [4.69, 9.17) is 15.2 Å². The van der Waals surface area contributed by atoms with Crippen LogP contribution < -0.4 is 15.2 Å². The van der Waals surface area contributed by atoms with Gasteiger partial charge in [0.1, 0.15) is 11.5 Å². The van der Waals surface area contributed by atoms with E-state index in [1.165, 1.54) is 0 Å². The first-order chi connectivity index (χ1) is 9.79. The SMILES string of the molecule is COc1ccc(C2C(N)CC(=O)N2C(C)(C)C)c(OC)c1. The lowest BCUT2D eigenvalue weighted by Crippen LogP contribution is -2.45. The highest BCUT2D eigenvalue weighted by Crippen LogP contribution is 2.42. The van der Waals surface area contributed by atoms with Gasteiger partial charge in [-0.1, -0.05) is 0 Å². The molecule has 1 aliphatic rings. The average Bonchev–Trinajstić information content (AvgIpc) is 2.72. The summed E-state index contributed by atoms with van der Waals surface area (Å²) < 4.78 is 10.7. The third-order valence-electron chi connectivity index (χ3n) is 3.84. The van der Waals surface area contributed by atoms with E-state index in [1.807, 2.05) is 43.9 Å². The summed E-state index contributed by atoms with van der Waals surface area (Å²) in [7, 11) is 3.22. The summed E-state index contributed by atoms with van der Waals surface area (Å²) in [5.41, 5.74) is 6.87. The molecular formula is C16H24N2O3. The number of benzene rings is 1. The lowest BCUT2D eigenvalue weighted by atomic mass is 9.96. The highest BCUT2D eigenvalue weighted by Gasteiger charge is 2.44. The normalized spacial score (nSPS) is 22.6. The molecule has 1 fully saturated rings. The summed E-state index contributed by atoms with van der Waals surface area (Å²) in [6.45, 7) is 6.06. The molecule has 0 aromatic heterocycles. The zero-order valence-corrected chi connectivity index (χ0v) is 13.3. The van der Waals surface area contributed by atoms with Gasteiger partial charge in [0.05, 0.1) is 20.3 Å². The molecule has 2 rings (SSSR count). The van der Waals surface area contributed by atoms with Crippen molar-refractivity contribution in [1.29, 1.82) is 0 Å². The van der Waals surface area contributed by atoms with Crippen molar-refractivity contribution in [3.05, 3.63) is 23.8 Å². The van der Waals surface area contributed by atoms with Gasteiger partial charge in [-0.25, -0.2) is 0 Å². The fraction of sp³-hybridized carbons (Fsp3) is 0.562. The molecule has 21 heavy (non-hydrogen) atoms. The number of carbonyl (C=O) groups excluding carboxylic acids is 1. The molecule has 1 aromatic rings. The zero-order valence-electron chi connectivity index (χ0n) is 13.3. The van der Waals surface area contributed by atoms with Crippen molar-refractivity contribution in [1.82, 2.24) is 4.90 Å². The summed E-state index contributed by atoms with van der Waals surface area (Å²) in [5, 5.41) is 0. The van der Waals surface area contributed by atoms with Gasteiger partial charge >= 0.3 is 0 Å². The summed E-state index contributed by atoms with van der Waals surface area (Å²) in [6, 6.07) is 5.21. The summed E-state index contributed by atoms with van der Waals surface area (Å²) in [5.74, 6) is 1.49. The number of hydrogen-bond donors (Lipinski definition) is 1. The van der Waals surface area contributed by atoms with E-state index < -0.39 is 0 Å². The molecule has 0 saturated carbocycles. The topological polar surface area (TPSA) is 64.8 Å². The van der Waals surface area contributed by atoms with E-state index in [9.17, 15) is 4.79 Å². The maximum absolute atomic E-state index is 12.3. The van der Waals surface area contributed by atoms with Crippen molar-refractivity contribution >= 4 is 5.91 Å². The highest BCUT2D eigenvalue weighted by atomic mass is 16.5. The van der Waals surface area contributed by atoms with E-state index in [1.54, 1.807) is 14.2 Å². The number of methoxy groups -OCH3 is 2. The number of carbonyl (C=O) groups is 1. The maximum Gasteiger partial charge on any atom is 0.225 e. The molecule has 1 heterocycles. The minimum atomic E-state index is -0.291. The predicted molar refractivity (Wildman–Crippen MR) is 81.5 cm³/mol. The summed E-state index contributed by atoms with van der Waals surface area (Å²) in [6.07, 6.45) is 0.358. The second kappa shape index (κ2) is 5.56. The van der Waals surface area contributed by atoms with Crippen LogP contribution in [0.25, 0.3) is 0 Å². The number of amides is 1. The van der Waals surface area contributed by atoms with Crippen LogP contribution in [0.3, 0.4) is 0 Å². The number of ether oxygens (including phenoxy) is 2. The second-order valence-corrected chi connectivity index (χ2v) is 6.36. The molecule has 0 aliphatic carbocycles. The van der Waals surface area contributed by atoms with Gasteiger partial charge in [-0.3, -0.25) is 4.79 Å². The summed E-state index contributed by atoms with van der Waals surface area (Å²) >= 11 is 0. The van der Waals surface area contributed by atoms with Gasteiger partial charge in [0, 0.05) is 29.6 Å². The molecule has 2 unspecified atom stereocenters. The van der Waals surface area contributed by atoms with E-state index in [0.717, 1.165) is 11.3 Å². The van der Waals surface area contributed by atoms with Gasteiger partial charge in [0.15, 0.2) is 0 Å². The molecule has 1 amide bonds. The third-order valence-corrected chi connectivity index (χ3v) is 3.84. The monoisotopic (exact) mass is 292 g/mol. The molecule has 2 atom stereocenters. The third kappa shape index (κ3) is 2.83. The number of nitrogens with two attached hydrogens (primary N) is 1. The van der Waals surface area contributed by atoms with Crippen LogP contribution in [-0.4, -0.2) is 36.6 Å². The van der Waals surface area contributed by atoms with Gasteiger partial charge in [-0.15, -0.1) is 0 Å². The molecule has 0 radical (unpaired) electrons. The Morgan fingerprint density at radius 3 is 2.43 bits per heavy atom. The Morgan fingerprint density at radius 2 is 1.90 bits per heavy atom. The van der Waals surface area contributed by atoms with Crippen molar-refractivity contribution in [2.24, 2.45) is 5.73 Å².